The number of imidazole rings is 1. The van der Waals surface area contributed by atoms with Crippen LogP contribution in [0.2, 0.25) is 0 Å². The zero-order valence-corrected chi connectivity index (χ0v) is 16.9. The Labute approximate surface area is 176 Å². The molecule has 5 aromatic rings. The third-order valence-corrected chi connectivity index (χ3v) is 5.95. The lowest BCUT2D eigenvalue weighted by Crippen LogP contribution is -2.31. The normalized spacial score (nSPS) is 11.3. The summed E-state index contributed by atoms with van der Waals surface area (Å²) in [7, 11) is 0. The van der Waals surface area contributed by atoms with E-state index in [2.05, 4.69) is 9.97 Å². The number of rotatable bonds is 4. The monoisotopic (exact) mass is 416 g/mol. The fourth-order valence-corrected chi connectivity index (χ4v) is 4.48. The van der Waals surface area contributed by atoms with Crippen molar-refractivity contribution in [3.05, 3.63) is 95.7 Å². The number of benzene rings is 2. The molecule has 0 fully saturated rings. The summed E-state index contributed by atoms with van der Waals surface area (Å²) in [5.41, 5.74) is 3.49. The molecule has 7 heteroatoms. The second-order valence-corrected chi connectivity index (χ2v) is 7.97. The van der Waals surface area contributed by atoms with Gasteiger partial charge in [-0.2, -0.15) is 0 Å². The van der Waals surface area contributed by atoms with E-state index < -0.39 is 0 Å². The Morgan fingerprint density at radius 2 is 1.87 bits per heavy atom. The summed E-state index contributed by atoms with van der Waals surface area (Å²) in [6, 6.07) is 19.8. The minimum absolute atomic E-state index is 0.199. The van der Waals surface area contributed by atoms with Crippen LogP contribution in [0.4, 0.5) is 9.52 Å². The second kappa shape index (κ2) is 7.35. The lowest BCUT2D eigenvalue weighted by molar-refractivity contribution is 0.0979. The summed E-state index contributed by atoms with van der Waals surface area (Å²) in [6.07, 6.45) is 1.83. The Hall–Kier alpha value is -3.58. The summed E-state index contributed by atoms with van der Waals surface area (Å²) in [5, 5.41) is 0.523. The van der Waals surface area contributed by atoms with Crippen LogP contribution < -0.4 is 4.90 Å². The van der Waals surface area contributed by atoms with E-state index in [1.807, 2.05) is 61.7 Å². The molecule has 3 aromatic heterocycles. The molecular weight excluding hydrogens is 399 g/mol. The van der Waals surface area contributed by atoms with E-state index in [0.29, 0.717) is 38.9 Å². The van der Waals surface area contributed by atoms with Gasteiger partial charge in [-0.25, -0.2) is 14.4 Å². The number of hydrogen-bond acceptors (Lipinski definition) is 4. The van der Waals surface area contributed by atoms with Gasteiger partial charge < -0.3 is 0 Å². The Morgan fingerprint density at radius 1 is 1.07 bits per heavy atom. The third-order valence-electron chi connectivity index (χ3n) is 4.91. The maximum Gasteiger partial charge on any atom is 0.279 e. The lowest BCUT2D eigenvalue weighted by Gasteiger charge is -2.20. The van der Waals surface area contributed by atoms with Crippen LogP contribution in [-0.2, 0) is 6.54 Å². The van der Waals surface area contributed by atoms with Crippen LogP contribution in [0.5, 0.6) is 0 Å². The molecule has 5 nitrogen and oxygen atoms in total. The summed E-state index contributed by atoms with van der Waals surface area (Å²) in [6.45, 7) is 2.18. The number of aryl methyl sites for hydroxylation is 1. The zero-order valence-electron chi connectivity index (χ0n) is 16.1. The van der Waals surface area contributed by atoms with Crippen molar-refractivity contribution in [3.63, 3.8) is 0 Å². The first-order valence-corrected chi connectivity index (χ1v) is 10.3. The standard InChI is InChI=1S/C23H17FN4OS/c1-15-21(27-12-6-5-9-20(27)25-15)22(29)28(14-16-7-3-2-4-8-16)23-26-18-11-10-17(24)13-19(18)30-23/h2-13H,14H2,1H3. The molecule has 0 atom stereocenters. The zero-order chi connectivity index (χ0) is 20.7. The van der Waals surface area contributed by atoms with Crippen molar-refractivity contribution in [3.8, 4) is 0 Å². The minimum atomic E-state index is -0.323. The van der Waals surface area contributed by atoms with Gasteiger partial charge in [0.05, 0.1) is 22.5 Å². The molecule has 148 valence electrons. The summed E-state index contributed by atoms with van der Waals surface area (Å²) < 4.78 is 16.2. The molecule has 0 aliphatic rings. The van der Waals surface area contributed by atoms with Gasteiger partial charge in [-0.1, -0.05) is 47.7 Å². The number of carbonyl (C=O) groups is 1. The van der Waals surface area contributed by atoms with E-state index in [9.17, 15) is 9.18 Å². The van der Waals surface area contributed by atoms with Gasteiger partial charge in [0.25, 0.3) is 5.91 Å². The molecule has 0 radical (unpaired) electrons. The van der Waals surface area contributed by atoms with E-state index in [1.54, 1.807) is 15.4 Å². The molecule has 0 saturated carbocycles. The smallest absolute Gasteiger partial charge is 0.279 e. The number of anilines is 1. The number of pyridine rings is 1. The van der Waals surface area contributed by atoms with Crippen molar-refractivity contribution in [2.75, 3.05) is 4.90 Å². The van der Waals surface area contributed by atoms with Crippen LogP contribution in [0.15, 0.2) is 72.9 Å². The van der Waals surface area contributed by atoms with Crippen LogP contribution in [0.1, 0.15) is 21.7 Å². The average Bonchev–Trinajstić information content (AvgIpc) is 3.31. The van der Waals surface area contributed by atoms with Gasteiger partial charge >= 0.3 is 0 Å². The Balaban J connectivity index is 1.64. The predicted octanol–water partition coefficient (Wildman–Crippen LogP) is 5.24. The number of fused-ring (bicyclic) bond motifs is 2. The Bertz CT molecular complexity index is 1380. The summed E-state index contributed by atoms with van der Waals surface area (Å²) >= 11 is 1.30. The summed E-state index contributed by atoms with van der Waals surface area (Å²) in [5.74, 6) is -0.522. The number of carbonyl (C=O) groups excluding carboxylic acids is 1. The van der Waals surface area contributed by atoms with Crippen LogP contribution in [0, 0.1) is 12.7 Å². The first kappa shape index (κ1) is 18.4. The van der Waals surface area contributed by atoms with Crippen LogP contribution in [0.25, 0.3) is 15.9 Å². The molecule has 0 aliphatic heterocycles. The number of halogens is 1. The van der Waals surface area contributed by atoms with Crippen LogP contribution >= 0.6 is 11.3 Å². The fraction of sp³-hybridized carbons (Fsp3) is 0.0870. The number of nitrogens with zero attached hydrogens (tertiary/aromatic N) is 4. The van der Waals surface area contributed by atoms with Gasteiger partial charge in [-0.15, -0.1) is 0 Å². The van der Waals surface area contributed by atoms with Gasteiger partial charge in [0, 0.05) is 6.20 Å². The third kappa shape index (κ3) is 3.23. The highest BCUT2D eigenvalue weighted by Crippen LogP contribution is 2.31. The Kier molecular flexibility index (Phi) is 4.52. The largest absolute Gasteiger partial charge is 0.295 e. The van der Waals surface area contributed by atoms with Crippen molar-refractivity contribution in [2.24, 2.45) is 0 Å². The van der Waals surface area contributed by atoms with Crippen molar-refractivity contribution in [1.82, 2.24) is 14.4 Å². The van der Waals surface area contributed by atoms with Gasteiger partial charge in [0.1, 0.15) is 17.2 Å². The molecule has 30 heavy (non-hydrogen) atoms. The topological polar surface area (TPSA) is 50.5 Å². The SMILES string of the molecule is Cc1nc2ccccn2c1C(=O)N(Cc1ccccc1)c1nc2ccc(F)cc2s1. The van der Waals surface area contributed by atoms with Gasteiger partial charge in [0.2, 0.25) is 0 Å². The van der Waals surface area contributed by atoms with E-state index >= 15 is 0 Å². The van der Waals surface area contributed by atoms with Crippen molar-refractivity contribution in [2.45, 2.75) is 13.5 Å². The van der Waals surface area contributed by atoms with E-state index in [1.165, 1.54) is 23.5 Å². The van der Waals surface area contributed by atoms with E-state index in [4.69, 9.17) is 0 Å². The highest BCUT2D eigenvalue weighted by Gasteiger charge is 2.26. The number of aromatic nitrogens is 3. The molecule has 2 aromatic carbocycles. The second-order valence-electron chi connectivity index (χ2n) is 6.96. The quantitative estimate of drug-likeness (QED) is 0.403. The molecule has 5 rings (SSSR count). The fourth-order valence-electron chi connectivity index (χ4n) is 3.49. The maximum absolute atomic E-state index is 13.7. The number of hydrogen-bond donors (Lipinski definition) is 0. The van der Waals surface area contributed by atoms with Crippen LogP contribution in [-0.4, -0.2) is 20.3 Å². The number of thiazole rings is 1. The highest BCUT2D eigenvalue weighted by atomic mass is 32.1. The van der Waals surface area contributed by atoms with Crippen molar-refractivity contribution >= 4 is 38.2 Å². The Morgan fingerprint density at radius 3 is 2.70 bits per heavy atom. The van der Waals surface area contributed by atoms with E-state index in [0.717, 1.165) is 5.56 Å². The molecule has 0 bridgehead atoms. The highest BCUT2D eigenvalue weighted by molar-refractivity contribution is 7.22. The molecule has 0 N–H and O–H groups in total. The first-order valence-electron chi connectivity index (χ1n) is 9.46. The van der Waals surface area contributed by atoms with Gasteiger partial charge in [0.15, 0.2) is 5.13 Å². The first-order chi connectivity index (χ1) is 14.6. The maximum atomic E-state index is 13.7. The number of amides is 1. The molecule has 0 spiro atoms. The van der Waals surface area contributed by atoms with Gasteiger partial charge in [-0.3, -0.25) is 14.1 Å². The molecular formula is C23H17FN4OS. The average molecular weight is 416 g/mol. The molecule has 3 heterocycles. The summed E-state index contributed by atoms with van der Waals surface area (Å²) in [4.78, 5) is 24.5. The molecule has 1 amide bonds. The van der Waals surface area contributed by atoms with Crippen molar-refractivity contribution < 1.29 is 9.18 Å². The van der Waals surface area contributed by atoms with Crippen molar-refractivity contribution in [1.29, 1.82) is 0 Å². The van der Waals surface area contributed by atoms with E-state index in [-0.39, 0.29) is 11.7 Å². The molecule has 0 aliphatic carbocycles. The molecule has 0 unspecified atom stereocenters. The molecule has 0 saturated heterocycles. The minimum Gasteiger partial charge on any atom is -0.295 e. The van der Waals surface area contributed by atoms with Gasteiger partial charge in [-0.05, 0) is 42.8 Å². The van der Waals surface area contributed by atoms with Crippen LogP contribution in [0.3, 0.4) is 0 Å². The predicted molar refractivity (Wildman–Crippen MR) is 116 cm³/mol. The lowest BCUT2D eigenvalue weighted by atomic mass is 10.2.